The highest BCUT2D eigenvalue weighted by molar-refractivity contribution is 5.95. The van der Waals surface area contributed by atoms with Crippen molar-refractivity contribution in [3.05, 3.63) is 23.0 Å². The van der Waals surface area contributed by atoms with E-state index in [1.165, 1.54) is 0 Å². The summed E-state index contributed by atoms with van der Waals surface area (Å²) in [6.45, 7) is 1.89. The minimum absolute atomic E-state index is 0.0307. The van der Waals surface area contributed by atoms with Gasteiger partial charge in [-0.15, -0.1) is 0 Å². The van der Waals surface area contributed by atoms with Crippen LogP contribution in [0.15, 0.2) is 10.7 Å². The normalized spacial score (nSPS) is 31.5. The zero-order chi connectivity index (χ0) is 30.2. The molecule has 43 heavy (non-hydrogen) atoms. The fourth-order valence-corrected chi connectivity index (χ4v) is 6.99. The fraction of sp³-hybridized carbons (Fsp3) is 0.677. The van der Waals surface area contributed by atoms with Gasteiger partial charge in [0.1, 0.15) is 24.4 Å². The van der Waals surface area contributed by atoms with Crippen LogP contribution in [0, 0.1) is 5.92 Å². The number of benzene rings is 1. The molecule has 2 aliphatic heterocycles. The number of furan rings is 1. The molecule has 3 heterocycles. The van der Waals surface area contributed by atoms with E-state index in [2.05, 4.69) is 5.32 Å². The van der Waals surface area contributed by atoms with Crippen molar-refractivity contribution in [3.8, 4) is 11.5 Å². The molecular formula is C31H41NO11. The van der Waals surface area contributed by atoms with Crippen molar-refractivity contribution >= 4 is 22.8 Å². The van der Waals surface area contributed by atoms with Crippen LogP contribution in [0.3, 0.4) is 0 Å². The Morgan fingerprint density at radius 3 is 2.49 bits per heavy atom. The lowest BCUT2D eigenvalue weighted by atomic mass is 9.80. The Morgan fingerprint density at radius 1 is 1.00 bits per heavy atom. The molecule has 6 rings (SSSR count). The van der Waals surface area contributed by atoms with Crippen LogP contribution in [0.1, 0.15) is 74.5 Å². The molecule has 236 valence electrons. The van der Waals surface area contributed by atoms with Crippen LogP contribution in [-0.4, -0.2) is 88.9 Å². The van der Waals surface area contributed by atoms with E-state index >= 15 is 0 Å². The molecule has 5 N–H and O–H groups in total. The molecule has 1 amide bonds. The van der Waals surface area contributed by atoms with E-state index in [-0.39, 0.29) is 42.7 Å². The third-order valence-corrected chi connectivity index (χ3v) is 9.32. The standard InChI is InChI=1S/C31H41NO11/c1-2-39-30(38)15-8-9-18-19(10-15)27(43-31-26(37)25(36)24(35)21(13-33)42-31)29(41-17-6-4-3-5-7-17)28-23(18)20(14-40-28)16-11-22(34)32-12-16/h14-17,21,24-26,31,33,35-37H,2-13H2,1H3,(H,32,34)/t15-,16+,21-,24-,25+,26-,31-/m1/s1. The monoisotopic (exact) mass is 603 g/mol. The first-order valence-corrected chi connectivity index (χ1v) is 15.5. The molecule has 12 nitrogen and oxygen atoms in total. The van der Waals surface area contributed by atoms with Gasteiger partial charge in [0.05, 0.1) is 31.5 Å². The Kier molecular flexibility index (Phi) is 8.84. The number of esters is 1. The van der Waals surface area contributed by atoms with Crippen molar-refractivity contribution in [1.29, 1.82) is 0 Å². The SMILES string of the molecule is CCOC(=O)[C@@H]1CCc2c(c(O[C@H]3O[C@H](CO)[C@@H](O)[C@H](O)[C@H]3O)c(OC3CCCCC3)c3occ([C@@H]4CNC(=O)C4)c23)C1. The van der Waals surface area contributed by atoms with E-state index in [4.69, 9.17) is 23.4 Å². The van der Waals surface area contributed by atoms with Crippen molar-refractivity contribution in [2.45, 2.75) is 107 Å². The van der Waals surface area contributed by atoms with Gasteiger partial charge in [0.2, 0.25) is 17.9 Å². The second kappa shape index (κ2) is 12.6. The first-order chi connectivity index (χ1) is 20.8. The summed E-state index contributed by atoms with van der Waals surface area (Å²) in [7, 11) is 0. The summed E-state index contributed by atoms with van der Waals surface area (Å²) in [6.07, 6.45) is 0.529. The van der Waals surface area contributed by atoms with Crippen LogP contribution < -0.4 is 14.8 Å². The topological polar surface area (TPSA) is 177 Å². The van der Waals surface area contributed by atoms with E-state index in [9.17, 15) is 30.0 Å². The molecule has 0 spiro atoms. The zero-order valence-corrected chi connectivity index (χ0v) is 24.3. The number of fused-ring (bicyclic) bond motifs is 3. The van der Waals surface area contributed by atoms with E-state index in [0.717, 1.165) is 48.6 Å². The number of carbonyl (C=O) groups is 2. The number of amides is 1. The average molecular weight is 604 g/mol. The van der Waals surface area contributed by atoms with E-state index < -0.39 is 43.2 Å². The third-order valence-electron chi connectivity index (χ3n) is 9.32. The summed E-state index contributed by atoms with van der Waals surface area (Å²) >= 11 is 0. The van der Waals surface area contributed by atoms with Crippen LogP contribution in [0.4, 0.5) is 0 Å². The molecule has 2 aromatic rings. The molecule has 1 saturated carbocycles. The maximum atomic E-state index is 12.9. The molecule has 0 unspecified atom stereocenters. The number of nitrogens with one attached hydrogen (secondary N) is 1. The summed E-state index contributed by atoms with van der Waals surface area (Å²) < 4.78 is 30.4. The highest BCUT2D eigenvalue weighted by Crippen LogP contribution is 2.50. The summed E-state index contributed by atoms with van der Waals surface area (Å²) in [4.78, 5) is 25.1. The molecule has 1 aromatic heterocycles. The lowest BCUT2D eigenvalue weighted by Crippen LogP contribution is -2.60. The highest BCUT2D eigenvalue weighted by atomic mass is 16.7. The summed E-state index contributed by atoms with van der Waals surface area (Å²) in [5.41, 5.74) is 2.91. The number of aliphatic hydroxyl groups excluding tert-OH is 4. The lowest BCUT2D eigenvalue weighted by Gasteiger charge is -2.40. The molecule has 4 aliphatic rings. The van der Waals surface area contributed by atoms with Gasteiger partial charge >= 0.3 is 5.97 Å². The predicted octanol–water partition coefficient (Wildman–Crippen LogP) is 1.59. The van der Waals surface area contributed by atoms with Crippen molar-refractivity contribution in [3.63, 3.8) is 0 Å². The first kappa shape index (κ1) is 30.1. The number of carbonyl (C=O) groups excluding carboxylic acids is 2. The quantitative estimate of drug-likeness (QED) is 0.277. The number of ether oxygens (including phenoxy) is 4. The van der Waals surface area contributed by atoms with Gasteiger partial charge in [0.15, 0.2) is 11.3 Å². The molecule has 12 heteroatoms. The number of hydrogen-bond donors (Lipinski definition) is 5. The number of aryl methyl sites for hydroxylation is 1. The van der Waals surface area contributed by atoms with Crippen LogP contribution >= 0.6 is 0 Å². The van der Waals surface area contributed by atoms with E-state index in [1.54, 1.807) is 13.2 Å². The maximum Gasteiger partial charge on any atom is 0.309 e. The lowest BCUT2D eigenvalue weighted by molar-refractivity contribution is -0.277. The number of rotatable bonds is 8. The first-order valence-electron chi connectivity index (χ1n) is 15.5. The van der Waals surface area contributed by atoms with Crippen LogP contribution in [-0.2, 0) is 31.9 Å². The van der Waals surface area contributed by atoms with Crippen molar-refractivity contribution in [2.75, 3.05) is 19.8 Å². The van der Waals surface area contributed by atoms with Gasteiger partial charge in [0.25, 0.3) is 0 Å². The van der Waals surface area contributed by atoms with Crippen molar-refractivity contribution < 1.29 is 53.4 Å². The summed E-state index contributed by atoms with van der Waals surface area (Å²) in [5.74, 6) is -0.356. The van der Waals surface area contributed by atoms with E-state index in [1.807, 2.05) is 0 Å². The Bertz CT molecular complexity index is 1330. The van der Waals surface area contributed by atoms with Gasteiger partial charge in [-0.25, -0.2) is 0 Å². The molecule has 0 bridgehead atoms. The van der Waals surface area contributed by atoms with Gasteiger partial charge in [0, 0.05) is 35.4 Å². The van der Waals surface area contributed by atoms with Crippen LogP contribution in [0.2, 0.25) is 0 Å². The Morgan fingerprint density at radius 2 is 1.79 bits per heavy atom. The van der Waals surface area contributed by atoms with Gasteiger partial charge in [-0.3, -0.25) is 9.59 Å². The Labute approximate surface area is 249 Å². The largest absolute Gasteiger partial charge is 0.483 e. The smallest absolute Gasteiger partial charge is 0.309 e. The Balaban J connectivity index is 1.50. The molecule has 2 aliphatic carbocycles. The van der Waals surface area contributed by atoms with Gasteiger partial charge in [-0.05, 0) is 57.4 Å². The number of hydrogen-bond acceptors (Lipinski definition) is 11. The molecular weight excluding hydrogens is 562 g/mol. The third kappa shape index (κ3) is 5.71. The van der Waals surface area contributed by atoms with Gasteiger partial charge in [-0.2, -0.15) is 0 Å². The van der Waals surface area contributed by atoms with Gasteiger partial charge in [-0.1, -0.05) is 6.42 Å². The second-order valence-electron chi connectivity index (χ2n) is 12.1. The summed E-state index contributed by atoms with van der Waals surface area (Å²) in [5, 5.41) is 45.2. The fourth-order valence-electron chi connectivity index (χ4n) is 6.99. The zero-order valence-electron chi connectivity index (χ0n) is 24.3. The predicted molar refractivity (Wildman–Crippen MR) is 151 cm³/mol. The second-order valence-corrected chi connectivity index (χ2v) is 12.1. The van der Waals surface area contributed by atoms with Crippen molar-refractivity contribution in [1.82, 2.24) is 5.32 Å². The molecule has 0 radical (unpaired) electrons. The summed E-state index contributed by atoms with van der Waals surface area (Å²) in [6, 6.07) is 0. The van der Waals surface area contributed by atoms with Crippen LogP contribution in [0.5, 0.6) is 11.5 Å². The minimum Gasteiger partial charge on any atom is -0.483 e. The van der Waals surface area contributed by atoms with Crippen molar-refractivity contribution in [2.24, 2.45) is 5.92 Å². The van der Waals surface area contributed by atoms with Gasteiger partial charge < -0.3 is 49.1 Å². The maximum absolute atomic E-state index is 12.9. The molecule has 1 aromatic carbocycles. The number of aliphatic hydroxyl groups is 4. The minimum atomic E-state index is -1.64. The molecule has 2 saturated heterocycles. The van der Waals surface area contributed by atoms with Crippen LogP contribution in [0.25, 0.3) is 11.0 Å². The Hall–Kier alpha value is -2.90. The molecule has 7 atom stereocenters. The molecule has 3 fully saturated rings. The highest BCUT2D eigenvalue weighted by Gasteiger charge is 2.46. The van der Waals surface area contributed by atoms with E-state index in [0.29, 0.717) is 42.7 Å². The average Bonchev–Trinajstić information content (AvgIpc) is 3.65.